The van der Waals surface area contributed by atoms with Crippen molar-refractivity contribution in [3.05, 3.63) is 18.0 Å². The summed E-state index contributed by atoms with van der Waals surface area (Å²) in [5.41, 5.74) is 1.00. The van der Waals surface area contributed by atoms with Gasteiger partial charge in [0.05, 0.1) is 6.26 Å². The van der Waals surface area contributed by atoms with Crippen LogP contribution in [0.3, 0.4) is 0 Å². The second kappa shape index (κ2) is 8.30. The highest BCUT2D eigenvalue weighted by atomic mass is 32.2. The summed E-state index contributed by atoms with van der Waals surface area (Å²) in [6.45, 7) is 3.07. The number of nitrogens with zero attached hydrogens (tertiary/aromatic N) is 3. The number of anilines is 1. The van der Waals surface area contributed by atoms with Gasteiger partial charge in [-0.1, -0.05) is 0 Å². The number of alkyl carbamates (subject to hydrolysis) is 1. The van der Waals surface area contributed by atoms with Crippen LogP contribution in [0.4, 0.5) is 10.7 Å². The van der Waals surface area contributed by atoms with Crippen molar-refractivity contribution in [3.8, 4) is 0 Å². The maximum atomic E-state index is 12.0. The normalized spacial score (nSPS) is 26.9. The van der Waals surface area contributed by atoms with Gasteiger partial charge in [0.25, 0.3) is 0 Å². The number of rotatable bonds is 6. The molecule has 2 atom stereocenters. The van der Waals surface area contributed by atoms with Gasteiger partial charge in [0.1, 0.15) is 6.10 Å². The average Bonchev–Trinajstić information content (AvgIpc) is 3.22. The fourth-order valence-corrected chi connectivity index (χ4v) is 5.10. The Morgan fingerprint density at radius 2 is 1.83 bits per heavy atom. The van der Waals surface area contributed by atoms with Crippen LogP contribution in [0.15, 0.2) is 12.4 Å². The Bertz CT molecular complexity index is 864. The van der Waals surface area contributed by atoms with E-state index in [4.69, 9.17) is 4.74 Å². The maximum Gasteiger partial charge on any atom is 0.407 e. The van der Waals surface area contributed by atoms with Crippen LogP contribution in [0.5, 0.6) is 0 Å². The summed E-state index contributed by atoms with van der Waals surface area (Å²) in [6, 6.07) is 0.171. The Balaban J connectivity index is 1.23. The topological polar surface area (TPSA) is 114 Å². The summed E-state index contributed by atoms with van der Waals surface area (Å²) in [6.07, 6.45) is 10.7. The van der Waals surface area contributed by atoms with E-state index in [0.717, 1.165) is 50.5 Å². The van der Waals surface area contributed by atoms with Gasteiger partial charge in [0.15, 0.2) is 0 Å². The molecule has 0 bridgehead atoms. The SMILES string of the molecule is CC1(NC(=O)O[C@H]2CC[C@@H](c3cnc(NC4CCN(S(C)(=O)=O)CC4)nc3)C2)CC1. The summed E-state index contributed by atoms with van der Waals surface area (Å²) in [4.78, 5) is 20.9. The van der Waals surface area contributed by atoms with Gasteiger partial charge in [-0.05, 0) is 63.4 Å². The number of hydrogen-bond acceptors (Lipinski definition) is 7. The van der Waals surface area contributed by atoms with E-state index in [1.165, 1.54) is 10.6 Å². The first-order chi connectivity index (χ1) is 14.2. The third kappa shape index (κ3) is 5.40. The molecular weight excluding hydrogens is 406 g/mol. The number of nitrogens with one attached hydrogen (secondary N) is 2. The average molecular weight is 438 g/mol. The van der Waals surface area contributed by atoms with E-state index in [-0.39, 0.29) is 23.8 Å². The van der Waals surface area contributed by atoms with E-state index < -0.39 is 10.0 Å². The van der Waals surface area contributed by atoms with Crippen LogP contribution in [0, 0.1) is 0 Å². The molecule has 0 unspecified atom stereocenters. The summed E-state index contributed by atoms with van der Waals surface area (Å²) >= 11 is 0. The van der Waals surface area contributed by atoms with Crippen LogP contribution in [0.1, 0.15) is 63.4 Å². The Morgan fingerprint density at radius 1 is 1.17 bits per heavy atom. The first-order valence-corrected chi connectivity index (χ1v) is 12.6. The van der Waals surface area contributed by atoms with Crippen molar-refractivity contribution in [1.29, 1.82) is 0 Å². The van der Waals surface area contributed by atoms with Crippen molar-refractivity contribution in [2.75, 3.05) is 24.7 Å². The Hall–Kier alpha value is -1.94. The maximum absolute atomic E-state index is 12.0. The summed E-state index contributed by atoms with van der Waals surface area (Å²) in [7, 11) is -3.12. The first kappa shape index (κ1) is 21.3. The van der Waals surface area contributed by atoms with E-state index in [1.807, 2.05) is 19.3 Å². The van der Waals surface area contributed by atoms with Gasteiger partial charge in [-0.3, -0.25) is 0 Å². The highest BCUT2D eigenvalue weighted by Gasteiger charge is 2.40. The molecule has 1 aliphatic heterocycles. The molecule has 0 aromatic carbocycles. The van der Waals surface area contributed by atoms with E-state index in [2.05, 4.69) is 20.6 Å². The number of hydrogen-bond donors (Lipinski definition) is 2. The van der Waals surface area contributed by atoms with Crippen molar-refractivity contribution in [2.24, 2.45) is 0 Å². The number of amides is 1. The summed E-state index contributed by atoms with van der Waals surface area (Å²) in [5, 5.41) is 6.25. The molecule has 1 aromatic heterocycles. The third-order valence-electron chi connectivity index (χ3n) is 6.46. The third-order valence-corrected chi connectivity index (χ3v) is 7.76. The van der Waals surface area contributed by atoms with Crippen LogP contribution in [0.2, 0.25) is 0 Å². The zero-order valence-corrected chi connectivity index (χ0v) is 18.5. The second-order valence-corrected chi connectivity index (χ2v) is 11.1. The fraction of sp³-hybridized carbons (Fsp3) is 0.750. The molecule has 2 heterocycles. The lowest BCUT2D eigenvalue weighted by Crippen LogP contribution is -2.42. The lowest BCUT2D eigenvalue weighted by Gasteiger charge is -2.30. The molecule has 1 amide bonds. The minimum Gasteiger partial charge on any atom is -0.446 e. The van der Waals surface area contributed by atoms with Crippen LogP contribution in [-0.4, -0.2) is 65.8 Å². The summed E-state index contributed by atoms with van der Waals surface area (Å²) in [5.74, 6) is 0.866. The molecule has 166 valence electrons. The predicted octanol–water partition coefficient (Wildman–Crippen LogP) is 2.23. The molecule has 30 heavy (non-hydrogen) atoms. The van der Waals surface area contributed by atoms with Crippen molar-refractivity contribution < 1.29 is 17.9 Å². The number of ether oxygens (including phenoxy) is 1. The second-order valence-electron chi connectivity index (χ2n) is 9.14. The highest BCUT2D eigenvalue weighted by molar-refractivity contribution is 7.88. The van der Waals surface area contributed by atoms with Crippen molar-refractivity contribution in [3.63, 3.8) is 0 Å². The quantitative estimate of drug-likeness (QED) is 0.701. The van der Waals surface area contributed by atoms with Gasteiger partial charge in [-0.2, -0.15) is 0 Å². The molecule has 9 nitrogen and oxygen atoms in total. The fourth-order valence-electron chi connectivity index (χ4n) is 4.23. The van der Waals surface area contributed by atoms with Crippen LogP contribution in [0.25, 0.3) is 0 Å². The van der Waals surface area contributed by atoms with Gasteiger partial charge in [0.2, 0.25) is 16.0 Å². The zero-order chi connectivity index (χ0) is 21.4. The number of carbonyl (C=O) groups is 1. The molecule has 1 saturated heterocycles. The van der Waals surface area contributed by atoms with Gasteiger partial charge >= 0.3 is 6.09 Å². The molecule has 1 aromatic rings. The molecule has 3 aliphatic rings. The Morgan fingerprint density at radius 3 is 2.43 bits per heavy atom. The molecule has 10 heteroatoms. The molecule has 0 radical (unpaired) electrons. The van der Waals surface area contributed by atoms with Gasteiger partial charge in [0, 0.05) is 37.1 Å². The number of piperidine rings is 1. The molecule has 2 saturated carbocycles. The molecule has 2 N–H and O–H groups in total. The van der Waals surface area contributed by atoms with E-state index >= 15 is 0 Å². The number of carbonyl (C=O) groups excluding carboxylic acids is 1. The standard InChI is InChI=1S/C20H31N5O4S/c1-20(7-8-20)24-19(26)29-17-4-3-14(11-17)15-12-21-18(22-13-15)23-16-5-9-25(10-6-16)30(2,27)28/h12-14,16-17H,3-11H2,1-2H3,(H,24,26)(H,21,22,23)/t14-,17+/m1/s1. The first-order valence-electron chi connectivity index (χ1n) is 10.7. The highest BCUT2D eigenvalue weighted by Crippen LogP contribution is 2.37. The van der Waals surface area contributed by atoms with Crippen LogP contribution in [-0.2, 0) is 14.8 Å². The van der Waals surface area contributed by atoms with Gasteiger partial charge < -0.3 is 15.4 Å². The van der Waals surface area contributed by atoms with E-state index in [1.54, 1.807) is 0 Å². The van der Waals surface area contributed by atoms with Gasteiger partial charge in [-0.15, -0.1) is 0 Å². The monoisotopic (exact) mass is 437 g/mol. The van der Waals surface area contributed by atoms with E-state index in [9.17, 15) is 13.2 Å². The molecular formula is C20H31N5O4S. The zero-order valence-electron chi connectivity index (χ0n) is 17.6. The minimum absolute atomic E-state index is 0.0600. The lowest BCUT2D eigenvalue weighted by molar-refractivity contribution is 0.0967. The Kier molecular flexibility index (Phi) is 5.89. The van der Waals surface area contributed by atoms with Crippen molar-refractivity contribution >= 4 is 22.1 Å². The lowest BCUT2D eigenvalue weighted by atomic mass is 10.0. The van der Waals surface area contributed by atoms with Crippen molar-refractivity contribution in [1.82, 2.24) is 19.6 Å². The molecule has 2 aliphatic carbocycles. The van der Waals surface area contributed by atoms with Crippen molar-refractivity contribution in [2.45, 2.75) is 75.5 Å². The number of aromatic nitrogens is 2. The molecule has 3 fully saturated rings. The largest absolute Gasteiger partial charge is 0.446 e. The molecule has 4 rings (SSSR count). The molecule has 0 spiro atoms. The summed E-state index contributed by atoms with van der Waals surface area (Å²) < 4.78 is 30.3. The van der Waals surface area contributed by atoms with Crippen LogP contribution < -0.4 is 10.6 Å². The van der Waals surface area contributed by atoms with Crippen LogP contribution >= 0.6 is 0 Å². The number of sulfonamides is 1. The minimum atomic E-state index is -3.12. The van der Waals surface area contributed by atoms with Gasteiger partial charge in [-0.25, -0.2) is 27.5 Å². The Labute approximate surface area is 178 Å². The smallest absolute Gasteiger partial charge is 0.407 e. The van der Waals surface area contributed by atoms with E-state index in [0.29, 0.717) is 25.0 Å². The predicted molar refractivity (Wildman–Crippen MR) is 113 cm³/mol.